The minimum atomic E-state index is -0.180. The molecule has 0 atom stereocenters. The molecule has 1 saturated heterocycles. The molecule has 2 aromatic rings. The lowest BCUT2D eigenvalue weighted by atomic mass is 10.2. The number of amides is 1. The highest BCUT2D eigenvalue weighted by molar-refractivity contribution is 8.18. The Morgan fingerprint density at radius 3 is 2.69 bits per heavy atom. The standard InChI is InChI=1S/C20H18N2O3S/c1-3-12-25-17-7-5-4-6-14(17)13-18-19(23)22-20(26-18)21-15-8-10-16(24-2)11-9-15/h3-11,13H,1,12H2,2H3,(H,21,22,23)/b18-13-. The second kappa shape index (κ2) is 8.40. The summed E-state index contributed by atoms with van der Waals surface area (Å²) in [4.78, 5) is 17.3. The van der Waals surface area contributed by atoms with E-state index in [1.165, 1.54) is 11.8 Å². The highest BCUT2D eigenvalue weighted by Gasteiger charge is 2.24. The number of rotatable bonds is 6. The average molecular weight is 366 g/mol. The zero-order valence-corrected chi connectivity index (χ0v) is 15.1. The van der Waals surface area contributed by atoms with Gasteiger partial charge in [0, 0.05) is 5.56 Å². The van der Waals surface area contributed by atoms with Crippen molar-refractivity contribution in [3.8, 4) is 11.5 Å². The van der Waals surface area contributed by atoms with Crippen molar-refractivity contribution in [2.24, 2.45) is 4.99 Å². The summed E-state index contributed by atoms with van der Waals surface area (Å²) in [5.74, 6) is 1.28. The molecule has 1 amide bonds. The summed E-state index contributed by atoms with van der Waals surface area (Å²) in [6.45, 7) is 4.06. The van der Waals surface area contributed by atoms with E-state index in [2.05, 4.69) is 16.9 Å². The normalized spacial score (nSPS) is 16.6. The molecule has 2 aromatic carbocycles. The number of amidine groups is 1. The van der Waals surface area contributed by atoms with Crippen LogP contribution in [0.25, 0.3) is 6.08 Å². The summed E-state index contributed by atoms with van der Waals surface area (Å²) in [5.41, 5.74) is 1.57. The molecular weight excluding hydrogens is 348 g/mol. The first-order chi connectivity index (χ1) is 12.7. The third-order valence-electron chi connectivity index (χ3n) is 3.52. The molecule has 1 heterocycles. The van der Waals surface area contributed by atoms with Crippen LogP contribution in [0.4, 0.5) is 5.69 Å². The van der Waals surface area contributed by atoms with E-state index in [4.69, 9.17) is 9.47 Å². The number of aliphatic imine (C=N–C) groups is 1. The molecule has 26 heavy (non-hydrogen) atoms. The Labute approximate surface area is 156 Å². The van der Waals surface area contributed by atoms with Crippen LogP contribution < -0.4 is 14.8 Å². The fraction of sp³-hybridized carbons (Fsp3) is 0.100. The van der Waals surface area contributed by atoms with Crippen LogP contribution in [0.5, 0.6) is 11.5 Å². The molecule has 1 aliphatic rings. The van der Waals surface area contributed by atoms with Crippen LogP contribution in [-0.4, -0.2) is 24.8 Å². The summed E-state index contributed by atoms with van der Waals surface area (Å²) in [6, 6.07) is 14.9. The van der Waals surface area contributed by atoms with Crippen LogP contribution >= 0.6 is 11.8 Å². The molecule has 6 heteroatoms. The van der Waals surface area contributed by atoms with Gasteiger partial charge in [-0.2, -0.15) is 0 Å². The first-order valence-electron chi connectivity index (χ1n) is 7.96. The Morgan fingerprint density at radius 2 is 1.96 bits per heavy atom. The number of ether oxygens (including phenoxy) is 2. The first kappa shape index (κ1) is 17.8. The van der Waals surface area contributed by atoms with Gasteiger partial charge in [-0.15, -0.1) is 0 Å². The smallest absolute Gasteiger partial charge is 0.264 e. The zero-order valence-electron chi connectivity index (χ0n) is 14.3. The minimum Gasteiger partial charge on any atom is -0.497 e. The fourth-order valence-corrected chi connectivity index (χ4v) is 3.11. The monoisotopic (exact) mass is 366 g/mol. The quantitative estimate of drug-likeness (QED) is 0.616. The zero-order chi connectivity index (χ0) is 18.4. The highest BCUT2D eigenvalue weighted by Crippen LogP contribution is 2.30. The Bertz CT molecular complexity index is 873. The van der Waals surface area contributed by atoms with Crippen molar-refractivity contribution in [2.75, 3.05) is 13.7 Å². The van der Waals surface area contributed by atoms with Crippen molar-refractivity contribution in [1.82, 2.24) is 5.32 Å². The van der Waals surface area contributed by atoms with E-state index >= 15 is 0 Å². The van der Waals surface area contributed by atoms with Gasteiger partial charge < -0.3 is 14.8 Å². The van der Waals surface area contributed by atoms with Crippen LogP contribution in [0.15, 0.2) is 71.1 Å². The molecular formula is C20H18N2O3S. The van der Waals surface area contributed by atoms with E-state index in [-0.39, 0.29) is 5.91 Å². The van der Waals surface area contributed by atoms with Gasteiger partial charge in [-0.1, -0.05) is 30.9 Å². The van der Waals surface area contributed by atoms with Gasteiger partial charge in [0.2, 0.25) is 0 Å². The maximum absolute atomic E-state index is 12.2. The summed E-state index contributed by atoms with van der Waals surface area (Å²) >= 11 is 1.29. The third-order valence-corrected chi connectivity index (χ3v) is 4.43. The van der Waals surface area contributed by atoms with E-state index in [0.717, 1.165) is 17.0 Å². The summed E-state index contributed by atoms with van der Waals surface area (Å²) in [6.07, 6.45) is 3.48. The van der Waals surface area contributed by atoms with Crippen LogP contribution in [0.3, 0.4) is 0 Å². The van der Waals surface area contributed by atoms with Crippen molar-refractivity contribution in [3.63, 3.8) is 0 Å². The number of hydrogen-bond acceptors (Lipinski definition) is 5. The van der Waals surface area contributed by atoms with Crippen molar-refractivity contribution >= 4 is 34.6 Å². The van der Waals surface area contributed by atoms with E-state index in [9.17, 15) is 4.79 Å². The van der Waals surface area contributed by atoms with Gasteiger partial charge in [0.05, 0.1) is 17.7 Å². The second-order valence-electron chi connectivity index (χ2n) is 5.32. The molecule has 0 radical (unpaired) electrons. The van der Waals surface area contributed by atoms with Crippen LogP contribution in [-0.2, 0) is 4.79 Å². The minimum absolute atomic E-state index is 0.180. The highest BCUT2D eigenvalue weighted by atomic mass is 32.2. The summed E-state index contributed by atoms with van der Waals surface area (Å²) in [5, 5.41) is 3.32. The molecule has 5 nitrogen and oxygen atoms in total. The molecule has 0 bridgehead atoms. The van der Waals surface area contributed by atoms with Gasteiger partial charge in [-0.05, 0) is 48.2 Å². The van der Waals surface area contributed by atoms with Crippen molar-refractivity contribution in [1.29, 1.82) is 0 Å². The van der Waals surface area contributed by atoms with Crippen molar-refractivity contribution in [2.45, 2.75) is 0 Å². The second-order valence-corrected chi connectivity index (χ2v) is 6.35. The largest absolute Gasteiger partial charge is 0.497 e. The van der Waals surface area contributed by atoms with Gasteiger partial charge in [0.15, 0.2) is 5.17 Å². The number of nitrogens with one attached hydrogen (secondary N) is 1. The lowest BCUT2D eigenvalue weighted by molar-refractivity contribution is -0.115. The first-order valence-corrected chi connectivity index (χ1v) is 8.77. The van der Waals surface area contributed by atoms with Gasteiger partial charge in [0.25, 0.3) is 5.91 Å². The lowest BCUT2D eigenvalue weighted by Crippen LogP contribution is -2.19. The fourth-order valence-electron chi connectivity index (χ4n) is 2.28. The number of benzene rings is 2. The molecule has 0 unspecified atom stereocenters. The summed E-state index contributed by atoms with van der Waals surface area (Å²) in [7, 11) is 1.61. The molecule has 0 saturated carbocycles. The predicted octanol–water partition coefficient (Wildman–Crippen LogP) is 4.15. The maximum atomic E-state index is 12.2. The van der Waals surface area contributed by atoms with Crippen LogP contribution in [0.2, 0.25) is 0 Å². The van der Waals surface area contributed by atoms with E-state index < -0.39 is 0 Å². The molecule has 0 aliphatic carbocycles. The molecule has 1 aliphatic heterocycles. The van der Waals surface area contributed by atoms with Crippen LogP contribution in [0.1, 0.15) is 5.56 Å². The Morgan fingerprint density at radius 1 is 1.19 bits per heavy atom. The topological polar surface area (TPSA) is 59.9 Å². The van der Waals surface area contributed by atoms with Crippen molar-refractivity contribution < 1.29 is 14.3 Å². The Hall–Kier alpha value is -2.99. The Balaban J connectivity index is 1.80. The van der Waals surface area contributed by atoms with Gasteiger partial charge in [0.1, 0.15) is 18.1 Å². The number of thioether (sulfide) groups is 1. The molecule has 132 valence electrons. The third kappa shape index (κ3) is 4.34. The number of nitrogens with zero attached hydrogens (tertiary/aromatic N) is 1. The molecule has 3 rings (SSSR count). The maximum Gasteiger partial charge on any atom is 0.264 e. The van der Waals surface area contributed by atoms with Crippen molar-refractivity contribution in [3.05, 3.63) is 71.7 Å². The van der Waals surface area contributed by atoms with Gasteiger partial charge in [-0.3, -0.25) is 4.79 Å². The number of carbonyl (C=O) groups is 1. The molecule has 0 aromatic heterocycles. The molecule has 1 fully saturated rings. The van der Waals surface area contributed by atoms with Gasteiger partial charge >= 0.3 is 0 Å². The Kier molecular flexibility index (Phi) is 5.76. The summed E-state index contributed by atoms with van der Waals surface area (Å²) < 4.78 is 10.8. The van der Waals surface area contributed by atoms with Gasteiger partial charge in [-0.25, -0.2) is 4.99 Å². The number of para-hydroxylation sites is 1. The lowest BCUT2D eigenvalue weighted by Gasteiger charge is -2.06. The predicted molar refractivity (Wildman–Crippen MR) is 106 cm³/mol. The van der Waals surface area contributed by atoms with E-state index in [1.807, 2.05) is 48.5 Å². The number of hydrogen-bond donors (Lipinski definition) is 1. The molecule has 1 N–H and O–H groups in total. The number of carbonyl (C=O) groups excluding carboxylic acids is 1. The molecule has 0 spiro atoms. The average Bonchev–Trinajstić information content (AvgIpc) is 3.00. The van der Waals surface area contributed by atoms with E-state index in [0.29, 0.717) is 22.4 Å². The van der Waals surface area contributed by atoms with E-state index in [1.54, 1.807) is 19.3 Å². The SMILES string of the molecule is C=CCOc1ccccc1/C=C1\SC(=Nc2ccc(OC)cc2)NC1=O. The van der Waals surface area contributed by atoms with Crippen LogP contribution in [0, 0.1) is 0 Å². The number of methoxy groups -OCH3 is 1.